The fourth-order valence-electron chi connectivity index (χ4n) is 2.20. The third-order valence-corrected chi connectivity index (χ3v) is 4.68. The van der Waals surface area contributed by atoms with Gasteiger partial charge in [-0.3, -0.25) is 4.79 Å². The van der Waals surface area contributed by atoms with Gasteiger partial charge in [0.1, 0.15) is 5.75 Å². The van der Waals surface area contributed by atoms with Gasteiger partial charge in [-0.25, -0.2) is 0 Å². The number of unbranched alkanes of at least 4 members (excludes halogenated alkanes) is 2. The van der Waals surface area contributed by atoms with Gasteiger partial charge in [0.05, 0.1) is 0 Å². The summed E-state index contributed by atoms with van der Waals surface area (Å²) in [5.41, 5.74) is 6.23. The number of primary amides is 1. The van der Waals surface area contributed by atoms with Crippen LogP contribution in [0.1, 0.15) is 74.3 Å². The van der Waals surface area contributed by atoms with Gasteiger partial charge in [-0.05, 0) is 36.5 Å². The van der Waals surface area contributed by atoms with Crippen LogP contribution in [0.5, 0.6) is 0 Å². The molecule has 1 heterocycles. The van der Waals surface area contributed by atoms with Crippen LogP contribution >= 0.6 is 0 Å². The minimum Gasteiger partial charge on any atom is -0.616 e. The molecule has 20 heavy (non-hydrogen) atoms. The molecule has 0 spiro atoms. The summed E-state index contributed by atoms with van der Waals surface area (Å²) in [5.74, 6) is 1.44. The molecule has 0 saturated heterocycles. The molecular weight excluding hydrogens is 274 g/mol. The Morgan fingerprint density at radius 1 is 1.45 bits per heavy atom. The Morgan fingerprint density at radius 3 is 2.70 bits per heavy atom. The van der Waals surface area contributed by atoms with Gasteiger partial charge >= 0.3 is 0 Å². The van der Waals surface area contributed by atoms with Crippen molar-refractivity contribution in [2.75, 3.05) is 5.75 Å². The first-order valence-corrected chi connectivity index (χ1v) is 8.75. The second-order valence-corrected chi connectivity index (χ2v) is 6.88. The van der Waals surface area contributed by atoms with E-state index in [0.717, 1.165) is 18.4 Å². The molecule has 2 unspecified atom stereocenters. The Labute approximate surface area is 124 Å². The SMILES string of the molecule is CCCCCC(C)c1cc(C[S+]([O-])CC)oc1C(N)=O. The van der Waals surface area contributed by atoms with Crippen molar-refractivity contribution in [1.29, 1.82) is 0 Å². The lowest BCUT2D eigenvalue weighted by molar-refractivity contribution is 0.0970. The molecule has 2 N–H and O–H groups in total. The average Bonchev–Trinajstić information content (AvgIpc) is 2.83. The highest BCUT2D eigenvalue weighted by Gasteiger charge is 2.22. The molecule has 1 amide bonds. The summed E-state index contributed by atoms with van der Waals surface area (Å²) in [6.07, 6.45) is 4.48. The van der Waals surface area contributed by atoms with Gasteiger partial charge in [-0.15, -0.1) is 0 Å². The van der Waals surface area contributed by atoms with Gasteiger partial charge in [0, 0.05) is 5.56 Å². The van der Waals surface area contributed by atoms with E-state index in [0.29, 0.717) is 17.3 Å². The Bertz CT molecular complexity index is 431. The second kappa shape index (κ2) is 8.37. The number of amides is 1. The van der Waals surface area contributed by atoms with Crippen LogP contribution in [0.2, 0.25) is 0 Å². The van der Waals surface area contributed by atoms with Crippen LogP contribution in [0.25, 0.3) is 0 Å². The maximum Gasteiger partial charge on any atom is 0.284 e. The highest BCUT2D eigenvalue weighted by Crippen LogP contribution is 2.28. The zero-order valence-corrected chi connectivity index (χ0v) is 13.4. The minimum absolute atomic E-state index is 0.233. The molecule has 1 aromatic rings. The van der Waals surface area contributed by atoms with E-state index in [1.165, 1.54) is 12.8 Å². The predicted octanol–water partition coefficient (Wildman–Crippen LogP) is 3.33. The monoisotopic (exact) mass is 299 g/mol. The second-order valence-electron chi connectivity index (χ2n) is 5.13. The van der Waals surface area contributed by atoms with Gasteiger partial charge in [0.25, 0.3) is 5.91 Å². The zero-order chi connectivity index (χ0) is 15.1. The van der Waals surface area contributed by atoms with Gasteiger partial charge < -0.3 is 14.7 Å². The van der Waals surface area contributed by atoms with Crippen LogP contribution in [-0.2, 0) is 16.9 Å². The molecule has 0 aliphatic rings. The normalized spacial score (nSPS) is 14.2. The van der Waals surface area contributed by atoms with Crippen molar-refractivity contribution in [3.8, 4) is 0 Å². The summed E-state index contributed by atoms with van der Waals surface area (Å²) in [5, 5.41) is 0. The van der Waals surface area contributed by atoms with Crippen LogP contribution in [-0.4, -0.2) is 16.2 Å². The lowest BCUT2D eigenvalue weighted by Crippen LogP contribution is -2.13. The number of furan rings is 1. The maximum absolute atomic E-state index is 11.6. The summed E-state index contributed by atoms with van der Waals surface area (Å²) in [6, 6.07) is 1.85. The highest BCUT2D eigenvalue weighted by atomic mass is 32.2. The Hall–Kier alpha value is -0.940. The maximum atomic E-state index is 11.6. The Kier molecular flexibility index (Phi) is 7.16. The highest BCUT2D eigenvalue weighted by molar-refractivity contribution is 7.90. The first-order valence-electron chi connectivity index (χ1n) is 7.26. The van der Waals surface area contributed by atoms with Crippen LogP contribution in [0.15, 0.2) is 10.5 Å². The number of hydrogen-bond donors (Lipinski definition) is 1. The zero-order valence-electron chi connectivity index (χ0n) is 12.6. The quantitative estimate of drug-likeness (QED) is 0.561. The molecule has 5 heteroatoms. The standard InChI is InChI=1S/C15H25NO3S/c1-4-6-7-8-11(3)13-9-12(10-20(18)5-2)19-14(13)15(16)17/h9,11H,4-8,10H2,1-3H3,(H2,16,17). The van der Waals surface area contributed by atoms with E-state index in [-0.39, 0.29) is 11.7 Å². The van der Waals surface area contributed by atoms with E-state index in [1.807, 2.05) is 13.0 Å². The summed E-state index contributed by atoms with van der Waals surface area (Å²) < 4.78 is 17.1. The molecule has 0 saturated carbocycles. The van der Waals surface area contributed by atoms with E-state index in [4.69, 9.17) is 10.2 Å². The fraction of sp³-hybridized carbons (Fsp3) is 0.667. The number of carbonyl (C=O) groups is 1. The number of carbonyl (C=O) groups excluding carboxylic acids is 1. The van der Waals surface area contributed by atoms with Crippen molar-refractivity contribution in [2.45, 2.75) is 58.1 Å². The average molecular weight is 299 g/mol. The molecule has 4 nitrogen and oxygen atoms in total. The molecule has 0 aliphatic heterocycles. The van der Waals surface area contributed by atoms with Crippen molar-refractivity contribution in [1.82, 2.24) is 0 Å². The third kappa shape index (κ3) is 4.87. The van der Waals surface area contributed by atoms with Gasteiger partial charge in [0.2, 0.25) is 0 Å². The lowest BCUT2D eigenvalue weighted by Gasteiger charge is -2.09. The molecule has 0 bridgehead atoms. The topological polar surface area (TPSA) is 79.3 Å². The van der Waals surface area contributed by atoms with E-state index in [1.54, 1.807) is 0 Å². The number of hydrogen-bond acceptors (Lipinski definition) is 3. The largest absolute Gasteiger partial charge is 0.616 e. The van der Waals surface area contributed by atoms with Crippen molar-refractivity contribution in [3.63, 3.8) is 0 Å². The molecular formula is C15H25NO3S. The predicted molar refractivity (Wildman–Crippen MR) is 82.2 cm³/mol. The number of nitrogens with two attached hydrogens (primary N) is 1. The first kappa shape index (κ1) is 17.1. The third-order valence-electron chi connectivity index (χ3n) is 3.43. The molecule has 0 aliphatic carbocycles. The van der Waals surface area contributed by atoms with Gasteiger partial charge in [0.15, 0.2) is 17.3 Å². The van der Waals surface area contributed by atoms with Crippen molar-refractivity contribution < 1.29 is 13.8 Å². The Balaban J connectivity index is 2.84. The lowest BCUT2D eigenvalue weighted by atomic mass is 9.95. The summed E-state index contributed by atoms with van der Waals surface area (Å²) in [4.78, 5) is 11.5. The first-order chi connectivity index (χ1) is 9.49. The summed E-state index contributed by atoms with van der Waals surface area (Å²) in [7, 11) is 0. The van der Waals surface area contributed by atoms with Gasteiger partial charge in [-0.1, -0.05) is 33.1 Å². The van der Waals surface area contributed by atoms with Crippen molar-refractivity contribution in [2.24, 2.45) is 5.73 Å². The van der Waals surface area contributed by atoms with Crippen LogP contribution < -0.4 is 5.73 Å². The van der Waals surface area contributed by atoms with E-state index >= 15 is 0 Å². The van der Waals surface area contributed by atoms with Gasteiger partial charge in [-0.2, -0.15) is 0 Å². The summed E-state index contributed by atoms with van der Waals surface area (Å²) >= 11 is -0.952. The van der Waals surface area contributed by atoms with E-state index < -0.39 is 17.1 Å². The molecule has 2 atom stereocenters. The molecule has 0 radical (unpaired) electrons. The molecule has 114 valence electrons. The molecule has 1 aromatic heterocycles. The smallest absolute Gasteiger partial charge is 0.284 e. The minimum atomic E-state index is -0.952. The number of rotatable bonds is 9. The molecule has 1 rings (SSSR count). The van der Waals surface area contributed by atoms with Crippen molar-refractivity contribution in [3.05, 3.63) is 23.2 Å². The molecule has 0 fully saturated rings. The fourth-order valence-corrected chi connectivity index (χ4v) is 2.87. The van der Waals surface area contributed by atoms with E-state index in [2.05, 4.69) is 13.8 Å². The van der Waals surface area contributed by atoms with Crippen molar-refractivity contribution >= 4 is 17.1 Å². The Morgan fingerprint density at radius 2 is 2.15 bits per heavy atom. The van der Waals surface area contributed by atoms with Crippen LogP contribution in [0, 0.1) is 0 Å². The summed E-state index contributed by atoms with van der Waals surface area (Å²) in [6.45, 7) is 6.10. The molecule has 0 aromatic carbocycles. The van der Waals surface area contributed by atoms with Crippen LogP contribution in [0.3, 0.4) is 0 Å². The van der Waals surface area contributed by atoms with E-state index in [9.17, 15) is 9.35 Å². The van der Waals surface area contributed by atoms with Crippen LogP contribution in [0.4, 0.5) is 0 Å².